The summed E-state index contributed by atoms with van der Waals surface area (Å²) in [4.78, 5) is 12.9. The van der Waals surface area contributed by atoms with Gasteiger partial charge >= 0.3 is 6.18 Å². The van der Waals surface area contributed by atoms with E-state index in [2.05, 4.69) is 15.7 Å². The third-order valence-corrected chi connectivity index (χ3v) is 5.67. The van der Waals surface area contributed by atoms with Crippen LogP contribution in [0.25, 0.3) is 0 Å². The van der Waals surface area contributed by atoms with Gasteiger partial charge in [-0.05, 0) is 30.7 Å². The summed E-state index contributed by atoms with van der Waals surface area (Å²) in [5.41, 5.74) is 2.08. The number of anilines is 2. The maximum absolute atomic E-state index is 13.8. The number of alkyl halides is 3. The number of nitrogens with one attached hydrogen (secondary N) is 2. The molecule has 1 aliphatic rings. The van der Waals surface area contributed by atoms with E-state index in [0.717, 1.165) is 16.4 Å². The summed E-state index contributed by atoms with van der Waals surface area (Å²) in [6.07, 6.45) is -3.63. The predicted octanol–water partition coefficient (Wildman–Crippen LogP) is 5.77. The van der Waals surface area contributed by atoms with Gasteiger partial charge in [0.15, 0.2) is 6.04 Å². The Kier molecular flexibility index (Phi) is 5.77. The molecule has 2 aromatic carbocycles. The minimum atomic E-state index is -4.52. The molecule has 0 saturated carbocycles. The summed E-state index contributed by atoms with van der Waals surface area (Å²) in [6.45, 7) is 1.90. The summed E-state index contributed by atoms with van der Waals surface area (Å²) >= 11 is 6.09. The van der Waals surface area contributed by atoms with Crippen LogP contribution in [0, 0.1) is 6.92 Å². The van der Waals surface area contributed by atoms with E-state index in [0.29, 0.717) is 17.0 Å². The predicted molar refractivity (Wildman–Crippen MR) is 115 cm³/mol. The molecule has 168 valence electrons. The van der Waals surface area contributed by atoms with Crippen molar-refractivity contribution in [3.63, 3.8) is 0 Å². The molecule has 1 aliphatic heterocycles. The van der Waals surface area contributed by atoms with Crippen LogP contribution in [0.4, 0.5) is 24.7 Å². The number of hydrogen-bond donors (Lipinski definition) is 2. The quantitative estimate of drug-likeness (QED) is 0.514. The van der Waals surface area contributed by atoms with E-state index in [4.69, 9.17) is 16.3 Å². The van der Waals surface area contributed by atoms with Crippen molar-refractivity contribution in [2.24, 2.45) is 0 Å². The number of amides is 1. The minimum absolute atomic E-state index is 0.00278. The molecule has 1 aromatic heterocycles. The Morgan fingerprint density at radius 2 is 1.97 bits per heavy atom. The van der Waals surface area contributed by atoms with Crippen LogP contribution < -0.4 is 15.4 Å². The van der Waals surface area contributed by atoms with Gasteiger partial charge in [0.25, 0.3) is 5.91 Å². The molecule has 0 fully saturated rings. The van der Waals surface area contributed by atoms with Crippen LogP contribution in [-0.4, -0.2) is 29.0 Å². The Hall–Kier alpha value is -3.20. The molecule has 32 heavy (non-hydrogen) atoms. The second-order valence-corrected chi connectivity index (χ2v) is 7.96. The lowest BCUT2D eigenvalue weighted by molar-refractivity contribution is -0.173. The van der Waals surface area contributed by atoms with Gasteiger partial charge in [0.05, 0.1) is 24.4 Å². The van der Waals surface area contributed by atoms with Crippen molar-refractivity contribution < 1.29 is 22.7 Å². The van der Waals surface area contributed by atoms with Crippen LogP contribution >= 0.6 is 11.6 Å². The Morgan fingerprint density at radius 3 is 2.59 bits per heavy atom. The number of hydrogen-bond acceptors (Lipinski definition) is 4. The van der Waals surface area contributed by atoms with Crippen LogP contribution in [0.1, 0.15) is 40.0 Å². The lowest BCUT2D eigenvalue weighted by atomic mass is 9.96. The monoisotopic (exact) mass is 464 g/mol. The number of ether oxygens (including phenoxy) is 1. The molecule has 0 bridgehead atoms. The number of benzene rings is 2. The first-order valence-corrected chi connectivity index (χ1v) is 10.2. The Morgan fingerprint density at radius 1 is 1.25 bits per heavy atom. The summed E-state index contributed by atoms with van der Waals surface area (Å²) in [7, 11) is 1.46. The SMILES string of the molecule is COc1ccc(NC(=O)c2cnn3c2N[C@H](c2ccc(C)cc2)C[C@@H]3C(F)(F)F)cc1Cl. The fourth-order valence-corrected chi connectivity index (χ4v) is 3.95. The van der Waals surface area contributed by atoms with Crippen LogP contribution in [0.3, 0.4) is 0 Å². The zero-order valence-corrected chi connectivity index (χ0v) is 18.0. The standard InChI is InChI=1S/C22H20ClF3N4O2/c1-12-3-5-13(6-4-12)17-10-19(22(24,25)26)30-20(29-17)15(11-27-30)21(31)28-14-7-8-18(32-2)16(23)9-14/h3-9,11,17,19,29H,10H2,1-2H3,(H,28,31)/t17-,19+/m0/s1. The highest BCUT2D eigenvalue weighted by Crippen LogP contribution is 2.44. The average Bonchev–Trinajstić information content (AvgIpc) is 3.17. The zero-order chi connectivity index (χ0) is 23.0. The van der Waals surface area contributed by atoms with E-state index in [-0.39, 0.29) is 22.8 Å². The fourth-order valence-electron chi connectivity index (χ4n) is 3.69. The molecule has 10 heteroatoms. The number of carbonyl (C=O) groups excluding carboxylic acids is 1. The van der Waals surface area contributed by atoms with E-state index in [9.17, 15) is 18.0 Å². The fraction of sp³-hybridized carbons (Fsp3) is 0.273. The first-order valence-electron chi connectivity index (χ1n) is 9.79. The van der Waals surface area contributed by atoms with Gasteiger partial charge in [-0.25, -0.2) is 4.68 Å². The normalized spacial score (nSPS) is 17.9. The number of rotatable bonds is 4. The number of nitrogens with zero attached hydrogens (tertiary/aromatic N) is 2. The van der Waals surface area contributed by atoms with Crippen molar-refractivity contribution in [1.29, 1.82) is 0 Å². The maximum atomic E-state index is 13.8. The number of aryl methyl sites for hydroxylation is 1. The minimum Gasteiger partial charge on any atom is -0.495 e. The van der Waals surface area contributed by atoms with Crippen LogP contribution in [-0.2, 0) is 0 Å². The average molecular weight is 465 g/mol. The highest BCUT2D eigenvalue weighted by atomic mass is 35.5. The maximum Gasteiger partial charge on any atom is 0.410 e. The van der Waals surface area contributed by atoms with Crippen molar-refractivity contribution in [2.45, 2.75) is 31.6 Å². The Labute approximate surface area is 187 Å². The van der Waals surface area contributed by atoms with Crippen LogP contribution in [0.2, 0.25) is 5.02 Å². The summed E-state index contributed by atoms with van der Waals surface area (Å²) < 4.78 is 47.4. The molecule has 4 rings (SSSR count). The second-order valence-electron chi connectivity index (χ2n) is 7.56. The summed E-state index contributed by atoms with van der Waals surface area (Å²) in [5, 5.41) is 9.89. The Bertz CT molecular complexity index is 1150. The number of carbonyl (C=O) groups is 1. The van der Waals surface area contributed by atoms with Crippen molar-refractivity contribution in [1.82, 2.24) is 9.78 Å². The van der Waals surface area contributed by atoms with E-state index in [1.54, 1.807) is 24.3 Å². The van der Waals surface area contributed by atoms with Crippen molar-refractivity contribution in [3.05, 3.63) is 70.4 Å². The molecular weight excluding hydrogens is 445 g/mol. The number of fused-ring (bicyclic) bond motifs is 1. The van der Waals surface area contributed by atoms with E-state index in [1.807, 2.05) is 19.1 Å². The van der Waals surface area contributed by atoms with Gasteiger partial charge in [-0.15, -0.1) is 0 Å². The van der Waals surface area contributed by atoms with Crippen molar-refractivity contribution in [2.75, 3.05) is 17.7 Å². The molecule has 6 nitrogen and oxygen atoms in total. The van der Waals surface area contributed by atoms with Gasteiger partial charge in [-0.2, -0.15) is 18.3 Å². The molecule has 0 saturated heterocycles. The summed E-state index contributed by atoms with van der Waals surface area (Å²) in [6, 6.07) is 9.41. The molecule has 3 aromatic rings. The topological polar surface area (TPSA) is 68.2 Å². The molecule has 0 unspecified atom stereocenters. The number of halogens is 4. The Balaban J connectivity index is 1.66. The molecule has 2 N–H and O–H groups in total. The third kappa shape index (κ3) is 4.25. The first kappa shape index (κ1) is 22.0. The molecular formula is C22H20ClF3N4O2. The highest BCUT2D eigenvalue weighted by molar-refractivity contribution is 6.32. The molecule has 0 aliphatic carbocycles. The lowest BCUT2D eigenvalue weighted by Crippen LogP contribution is -2.36. The van der Waals surface area contributed by atoms with Gasteiger partial charge in [-0.3, -0.25) is 4.79 Å². The van der Waals surface area contributed by atoms with Gasteiger partial charge in [-0.1, -0.05) is 41.4 Å². The van der Waals surface area contributed by atoms with Gasteiger partial charge in [0, 0.05) is 12.1 Å². The zero-order valence-electron chi connectivity index (χ0n) is 17.2. The molecule has 0 radical (unpaired) electrons. The van der Waals surface area contributed by atoms with Gasteiger partial charge < -0.3 is 15.4 Å². The largest absolute Gasteiger partial charge is 0.495 e. The molecule has 1 amide bonds. The second kappa shape index (κ2) is 8.38. The van der Waals surface area contributed by atoms with Crippen LogP contribution in [0.5, 0.6) is 5.75 Å². The van der Waals surface area contributed by atoms with E-state index in [1.165, 1.54) is 13.2 Å². The summed E-state index contributed by atoms with van der Waals surface area (Å²) in [5.74, 6) is -0.157. The third-order valence-electron chi connectivity index (χ3n) is 5.37. The molecule has 2 heterocycles. The number of aromatic nitrogens is 2. The van der Waals surface area contributed by atoms with Crippen molar-refractivity contribution >= 4 is 29.0 Å². The van der Waals surface area contributed by atoms with Gasteiger partial charge in [0.1, 0.15) is 17.1 Å². The van der Waals surface area contributed by atoms with Crippen LogP contribution in [0.15, 0.2) is 48.7 Å². The molecule has 0 spiro atoms. The smallest absolute Gasteiger partial charge is 0.410 e. The van der Waals surface area contributed by atoms with Gasteiger partial charge in [0.2, 0.25) is 0 Å². The van der Waals surface area contributed by atoms with E-state index < -0.39 is 24.2 Å². The van der Waals surface area contributed by atoms with Crippen molar-refractivity contribution in [3.8, 4) is 5.75 Å². The highest BCUT2D eigenvalue weighted by Gasteiger charge is 2.47. The first-order chi connectivity index (χ1) is 15.2. The number of methoxy groups -OCH3 is 1. The lowest BCUT2D eigenvalue weighted by Gasteiger charge is -2.34. The van der Waals surface area contributed by atoms with E-state index >= 15 is 0 Å². The molecule has 2 atom stereocenters.